The summed E-state index contributed by atoms with van der Waals surface area (Å²) in [5.74, 6) is 0.369. The molecule has 0 saturated carbocycles. The Kier molecular flexibility index (Phi) is 3.82. The van der Waals surface area contributed by atoms with Crippen LogP contribution < -0.4 is 4.74 Å². The molecule has 1 unspecified atom stereocenters. The lowest BCUT2D eigenvalue weighted by Gasteiger charge is -2.29. The Morgan fingerprint density at radius 3 is 2.89 bits per heavy atom. The first-order chi connectivity index (χ1) is 13.2. The van der Waals surface area contributed by atoms with Crippen LogP contribution in [0.2, 0.25) is 0 Å². The van der Waals surface area contributed by atoms with Crippen LogP contribution in [0.3, 0.4) is 0 Å². The number of hydrogen-bond donors (Lipinski definition) is 0. The molecule has 5 rings (SSSR count). The SMILES string of the molecule is Cc1nn(-c2ccccc2)c2nc3c(cc12)CN(CC1CCCO1)C(=O)O3. The molecule has 0 radical (unpaired) electrons. The predicted octanol–water partition coefficient (Wildman–Crippen LogP) is 3.22. The number of hydrogen-bond acceptors (Lipinski definition) is 5. The number of pyridine rings is 1. The molecule has 2 aliphatic rings. The second-order valence-corrected chi connectivity index (χ2v) is 7.04. The fraction of sp³-hybridized carbons (Fsp3) is 0.350. The zero-order valence-corrected chi connectivity index (χ0v) is 15.1. The highest BCUT2D eigenvalue weighted by molar-refractivity contribution is 5.83. The van der Waals surface area contributed by atoms with Gasteiger partial charge in [0, 0.05) is 17.6 Å². The molecule has 3 aromatic rings. The Balaban J connectivity index is 1.52. The van der Waals surface area contributed by atoms with E-state index in [1.807, 2.05) is 43.3 Å². The normalized spacial score (nSPS) is 19.4. The van der Waals surface area contributed by atoms with Gasteiger partial charge in [0.1, 0.15) is 0 Å². The number of fused-ring (bicyclic) bond motifs is 2. The molecule has 0 bridgehead atoms. The minimum absolute atomic E-state index is 0.0957. The number of ether oxygens (including phenoxy) is 2. The van der Waals surface area contributed by atoms with Crippen LogP contribution >= 0.6 is 0 Å². The summed E-state index contributed by atoms with van der Waals surface area (Å²) in [5, 5.41) is 5.60. The van der Waals surface area contributed by atoms with E-state index in [1.54, 1.807) is 9.58 Å². The summed E-state index contributed by atoms with van der Waals surface area (Å²) in [6, 6.07) is 11.9. The maximum absolute atomic E-state index is 12.4. The van der Waals surface area contributed by atoms with E-state index < -0.39 is 0 Å². The number of carbonyl (C=O) groups excluding carboxylic acids is 1. The molecule has 0 spiro atoms. The second-order valence-electron chi connectivity index (χ2n) is 7.04. The highest BCUT2D eigenvalue weighted by atomic mass is 16.6. The van der Waals surface area contributed by atoms with E-state index in [0.717, 1.165) is 41.8 Å². The quantitative estimate of drug-likeness (QED) is 0.714. The molecule has 7 heteroatoms. The van der Waals surface area contributed by atoms with Crippen molar-refractivity contribution < 1.29 is 14.3 Å². The third-order valence-electron chi connectivity index (χ3n) is 5.13. The minimum Gasteiger partial charge on any atom is -0.391 e. The molecule has 4 heterocycles. The Labute approximate surface area is 156 Å². The van der Waals surface area contributed by atoms with Crippen molar-refractivity contribution in [2.24, 2.45) is 0 Å². The maximum Gasteiger partial charge on any atom is 0.416 e. The van der Waals surface area contributed by atoms with Gasteiger partial charge in [-0.1, -0.05) is 18.2 Å². The number of nitrogens with zero attached hydrogens (tertiary/aromatic N) is 4. The molecular weight excluding hydrogens is 344 g/mol. The summed E-state index contributed by atoms with van der Waals surface area (Å²) in [6.07, 6.45) is 1.76. The molecule has 1 saturated heterocycles. The molecule has 138 valence electrons. The number of rotatable bonds is 3. The average molecular weight is 364 g/mol. The first-order valence-corrected chi connectivity index (χ1v) is 9.22. The van der Waals surface area contributed by atoms with Crippen LogP contribution in [0, 0.1) is 6.92 Å². The molecular formula is C20H20N4O3. The van der Waals surface area contributed by atoms with Gasteiger partial charge in [-0.05, 0) is 38.0 Å². The van der Waals surface area contributed by atoms with Gasteiger partial charge in [0.2, 0.25) is 5.88 Å². The van der Waals surface area contributed by atoms with Gasteiger partial charge in [0.25, 0.3) is 0 Å². The Bertz CT molecular complexity index is 1010. The van der Waals surface area contributed by atoms with Crippen molar-refractivity contribution in [1.82, 2.24) is 19.7 Å². The Morgan fingerprint density at radius 1 is 1.26 bits per heavy atom. The van der Waals surface area contributed by atoms with E-state index in [4.69, 9.17) is 9.47 Å². The van der Waals surface area contributed by atoms with Crippen LogP contribution in [0.4, 0.5) is 4.79 Å². The fourth-order valence-electron chi connectivity index (χ4n) is 3.75. The predicted molar refractivity (Wildman–Crippen MR) is 99.0 cm³/mol. The maximum atomic E-state index is 12.4. The lowest BCUT2D eigenvalue weighted by Crippen LogP contribution is -2.41. The molecule has 2 aliphatic heterocycles. The van der Waals surface area contributed by atoms with E-state index >= 15 is 0 Å². The summed E-state index contributed by atoms with van der Waals surface area (Å²) in [4.78, 5) is 18.8. The monoisotopic (exact) mass is 364 g/mol. The van der Waals surface area contributed by atoms with Gasteiger partial charge in [0.05, 0.1) is 30.6 Å². The number of amides is 1. The van der Waals surface area contributed by atoms with Crippen molar-refractivity contribution in [3.05, 3.63) is 47.7 Å². The van der Waals surface area contributed by atoms with Crippen molar-refractivity contribution in [2.45, 2.75) is 32.4 Å². The van der Waals surface area contributed by atoms with Crippen LogP contribution in [0.1, 0.15) is 24.1 Å². The second kappa shape index (κ2) is 6.35. The van der Waals surface area contributed by atoms with Gasteiger partial charge in [-0.3, -0.25) is 0 Å². The molecule has 27 heavy (non-hydrogen) atoms. The van der Waals surface area contributed by atoms with E-state index in [-0.39, 0.29) is 12.2 Å². The number of benzene rings is 1. The molecule has 7 nitrogen and oxygen atoms in total. The van der Waals surface area contributed by atoms with Crippen LogP contribution in [0.25, 0.3) is 16.7 Å². The summed E-state index contributed by atoms with van der Waals surface area (Å²) >= 11 is 0. The summed E-state index contributed by atoms with van der Waals surface area (Å²) in [7, 11) is 0. The molecule has 2 aromatic heterocycles. The zero-order valence-electron chi connectivity index (χ0n) is 15.1. The van der Waals surface area contributed by atoms with Crippen molar-refractivity contribution in [2.75, 3.05) is 13.2 Å². The molecule has 1 fully saturated rings. The largest absolute Gasteiger partial charge is 0.416 e. The smallest absolute Gasteiger partial charge is 0.391 e. The van der Waals surface area contributed by atoms with Crippen LogP contribution in [0.15, 0.2) is 36.4 Å². The van der Waals surface area contributed by atoms with Crippen molar-refractivity contribution in [3.8, 4) is 11.6 Å². The highest BCUT2D eigenvalue weighted by Crippen LogP contribution is 2.31. The van der Waals surface area contributed by atoms with Gasteiger partial charge in [-0.25, -0.2) is 9.48 Å². The van der Waals surface area contributed by atoms with Gasteiger partial charge in [0.15, 0.2) is 5.65 Å². The van der Waals surface area contributed by atoms with Gasteiger partial charge in [-0.2, -0.15) is 10.1 Å². The Hall–Kier alpha value is -2.93. The van der Waals surface area contributed by atoms with Gasteiger partial charge in [-0.15, -0.1) is 0 Å². The first-order valence-electron chi connectivity index (χ1n) is 9.22. The topological polar surface area (TPSA) is 69.5 Å². The van der Waals surface area contributed by atoms with Gasteiger partial charge >= 0.3 is 6.09 Å². The van der Waals surface area contributed by atoms with E-state index in [0.29, 0.717) is 24.6 Å². The van der Waals surface area contributed by atoms with Crippen LogP contribution in [-0.2, 0) is 11.3 Å². The molecule has 1 atom stereocenters. The average Bonchev–Trinajstić information content (AvgIpc) is 3.30. The summed E-state index contributed by atoms with van der Waals surface area (Å²) < 4.78 is 13.0. The van der Waals surface area contributed by atoms with Crippen molar-refractivity contribution in [1.29, 1.82) is 0 Å². The van der Waals surface area contributed by atoms with Crippen molar-refractivity contribution in [3.63, 3.8) is 0 Å². The van der Waals surface area contributed by atoms with E-state index in [2.05, 4.69) is 10.1 Å². The third kappa shape index (κ3) is 2.84. The number of carbonyl (C=O) groups is 1. The lowest BCUT2D eigenvalue weighted by molar-refractivity contribution is 0.0641. The van der Waals surface area contributed by atoms with Crippen LogP contribution in [-0.4, -0.2) is 45.0 Å². The summed E-state index contributed by atoms with van der Waals surface area (Å²) in [5.41, 5.74) is 3.41. The lowest BCUT2D eigenvalue weighted by atomic mass is 10.1. The number of aromatic nitrogens is 3. The summed E-state index contributed by atoms with van der Waals surface area (Å²) in [6.45, 7) is 3.77. The van der Waals surface area contributed by atoms with Gasteiger partial charge < -0.3 is 14.4 Å². The third-order valence-corrected chi connectivity index (χ3v) is 5.13. The van der Waals surface area contributed by atoms with E-state index in [1.165, 1.54) is 0 Å². The zero-order chi connectivity index (χ0) is 18.4. The molecule has 0 aliphatic carbocycles. The minimum atomic E-state index is -0.368. The molecule has 1 amide bonds. The van der Waals surface area contributed by atoms with Crippen molar-refractivity contribution >= 4 is 17.1 Å². The number of para-hydroxylation sites is 1. The standard InChI is InChI=1S/C20H20N4O3/c1-13-17-10-14-11-23(12-16-8-5-9-26-16)20(25)27-19(14)21-18(17)24(22-13)15-6-3-2-4-7-15/h2-4,6-7,10,16H,5,8-9,11-12H2,1H3. The Morgan fingerprint density at radius 2 is 2.11 bits per heavy atom. The van der Waals surface area contributed by atoms with E-state index in [9.17, 15) is 4.79 Å². The number of aryl methyl sites for hydroxylation is 1. The molecule has 1 aromatic carbocycles. The molecule has 0 N–H and O–H groups in total. The first kappa shape index (κ1) is 16.3. The fourth-order valence-corrected chi connectivity index (χ4v) is 3.75. The van der Waals surface area contributed by atoms with Crippen LogP contribution in [0.5, 0.6) is 5.88 Å². The highest BCUT2D eigenvalue weighted by Gasteiger charge is 2.30.